The molecule has 0 amide bonds. The Morgan fingerprint density at radius 2 is 2.21 bits per heavy atom. The van der Waals surface area contributed by atoms with Gasteiger partial charge in [-0.05, 0) is 19.8 Å². The number of rotatable bonds is 4. The highest BCUT2D eigenvalue weighted by molar-refractivity contribution is 5.38. The molecule has 1 aliphatic carbocycles. The smallest absolute Gasteiger partial charge is 0.155 e. The standard InChI is InChI=1S/C14H20N4O/c1-11-6-13-15-7-12(9-18(13)17-11)8-16-14(10-19)4-2-3-5-14/h6-7,9,16,19H,2-5,8,10H2,1H3. The van der Waals surface area contributed by atoms with Crippen LogP contribution in [-0.4, -0.2) is 31.9 Å². The molecule has 0 aromatic carbocycles. The third-order valence-corrected chi connectivity index (χ3v) is 4.02. The second-order valence-corrected chi connectivity index (χ2v) is 5.55. The molecule has 0 unspecified atom stereocenters. The molecule has 2 heterocycles. The van der Waals surface area contributed by atoms with Crippen molar-refractivity contribution in [3.8, 4) is 0 Å². The van der Waals surface area contributed by atoms with E-state index in [-0.39, 0.29) is 12.1 Å². The average Bonchev–Trinajstić information content (AvgIpc) is 3.01. The Kier molecular flexibility index (Phi) is 3.24. The Hall–Kier alpha value is -1.46. The van der Waals surface area contributed by atoms with Crippen molar-refractivity contribution < 1.29 is 5.11 Å². The average molecular weight is 260 g/mol. The fourth-order valence-electron chi connectivity index (χ4n) is 2.86. The molecule has 5 heteroatoms. The predicted octanol–water partition coefficient (Wildman–Crippen LogP) is 1.43. The summed E-state index contributed by atoms with van der Waals surface area (Å²) in [6.45, 7) is 2.90. The van der Waals surface area contributed by atoms with Crippen molar-refractivity contribution in [3.63, 3.8) is 0 Å². The van der Waals surface area contributed by atoms with Gasteiger partial charge in [-0.3, -0.25) is 0 Å². The van der Waals surface area contributed by atoms with Crippen LogP contribution in [0.1, 0.15) is 36.9 Å². The molecule has 1 fully saturated rings. The maximum absolute atomic E-state index is 9.57. The van der Waals surface area contributed by atoms with Crippen LogP contribution < -0.4 is 5.32 Å². The van der Waals surface area contributed by atoms with Crippen LogP contribution in [0.2, 0.25) is 0 Å². The SMILES string of the molecule is Cc1cc2ncc(CNC3(CO)CCCC3)cn2n1. The van der Waals surface area contributed by atoms with Gasteiger partial charge in [-0.25, -0.2) is 9.50 Å². The molecule has 19 heavy (non-hydrogen) atoms. The molecule has 1 saturated carbocycles. The summed E-state index contributed by atoms with van der Waals surface area (Å²) in [5, 5.41) is 17.4. The van der Waals surface area contributed by atoms with Crippen molar-refractivity contribution in [2.45, 2.75) is 44.7 Å². The lowest BCUT2D eigenvalue weighted by Gasteiger charge is -2.28. The number of aliphatic hydroxyl groups excluding tert-OH is 1. The van der Waals surface area contributed by atoms with Gasteiger partial charge < -0.3 is 10.4 Å². The minimum absolute atomic E-state index is 0.0883. The van der Waals surface area contributed by atoms with Gasteiger partial charge in [0.1, 0.15) is 0 Å². The van der Waals surface area contributed by atoms with E-state index >= 15 is 0 Å². The minimum Gasteiger partial charge on any atom is -0.394 e. The molecule has 2 aromatic heterocycles. The molecule has 2 N–H and O–H groups in total. The topological polar surface area (TPSA) is 62.5 Å². The van der Waals surface area contributed by atoms with Crippen LogP contribution in [0.4, 0.5) is 0 Å². The Morgan fingerprint density at radius 1 is 1.42 bits per heavy atom. The van der Waals surface area contributed by atoms with E-state index in [1.807, 2.05) is 29.9 Å². The number of hydrogen-bond acceptors (Lipinski definition) is 4. The van der Waals surface area contributed by atoms with Crippen molar-refractivity contribution in [3.05, 3.63) is 29.7 Å². The van der Waals surface area contributed by atoms with Gasteiger partial charge in [-0.15, -0.1) is 0 Å². The lowest BCUT2D eigenvalue weighted by atomic mass is 9.99. The van der Waals surface area contributed by atoms with Crippen molar-refractivity contribution in [1.29, 1.82) is 0 Å². The Morgan fingerprint density at radius 3 is 2.95 bits per heavy atom. The van der Waals surface area contributed by atoms with Gasteiger partial charge in [-0.1, -0.05) is 12.8 Å². The zero-order valence-corrected chi connectivity index (χ0v) is 11.3. The highest BCUT2D eigenvalue weighted by atomic mass is 16.3. The van der Waals surface area contributed by atoms with Gasteiger partial charge in [0.25, 0.3) is 0 Å². The summed E-state index contributed by atoms with van der Waals surface area (Å²) in [7, 11) is 0. The highest BCUT2D eigenvalue weighted by Crippen LogP contribution is 2.29. The van der Waals surface area contributed by atoms with Crippen LogP contribution in [0.25, 0.3) is 5.65 Å². The van der Waals surface area contributed by atoms with E-state index in [9.17, 15) is 5.11 Å². The molecule has 0 spiro atoms. The lowest BCUT2D eigenvalue weighted by molar-refractivity contribution is 0.163. The summed E-state index contributed by atoms with van der Waals surface area (Å²) < 4.78 is 1.81. The van der Waals surface area contributed by atoms with Gasteiger partial charge in [0, 0.05) is 36.1 Å². The van der Waals surface area contributed by atoms with Crippen LogP contribution in [0.15, 0.2) is 18.5 Å². The van der Waals surface area contributed by atoms with Crippen LogP contribution in [0.5, 0.6) is 0 Å². The lowest BCUT2D eigenvalue weighted by Crippen LogP contribution is -2.45. The summed E-state index contributed by atoms with van der Waals surface area (Å²) >= 11 is 0. The van der Waals surface area contributed by atoms with E-state index in [2.05, 4.69) is 15.4 Å². The normalized spacial score (nSPS) is 18.2. The van der Waals surface area contributed by atoms with Gasteiger partial charge in [0.05, 0.1) is 12.3 Å². The van der Waals surface area contributed by atoms with Crippen LogP contribution in [-0.2, 0) is 6.54 Å². The first-order valence-corrected chi connectivity index (χ1v) is 6.88. The summed E-state index contributed by atoms with van der Waals surface area (Å²) in [6, 6.07) is 1.96. The number of nitrogens with one attached hydrogen (secondary N) is 1. The zero-order valence-electron chi connectivity index (χ0n) is 11.3. The first-order valence-electron chi connectivity index (χ1n) is 6.88. The number of aryl methyl sites for hydroxylation is 1. The Balaban J connectivity index is 1.74. The fourth-order valence-corrected chi connectivity index (χ4v) is 2.86. The highest BCUT2D eigenvalue weighted by Gasteiger charge is 2.32. The molecule has 102 valence electrons. The molecule has 0 saturated heterocycles. The summed E-state index contributed by atoms with van der Waals surface area (Å²) in [4.78, 5) is 4.39. The number of nitrogens with zero attached hydrogens (tertiary/aromatic N) is 3. The molecule has 5 nitrogen and oxygen atoms in total. The molecule has 1 aliphatic rings. The summed E-state index contributed by atoms with van der Waals surface area (Å²) in [5.41, 5.74) is 2.85. The number of hydrogen-bond donors (Lipinski definition) is 2. The fraction of sp³-hybridized carbons (Fsp3) is 0.571. The Labute approximate surface area is 112 Å². The zero-order chi connectivity index (χ0) is 13.3. The Bertz CT molecular complexity index is 572. The predicted molar refractivity (Wildman–Crippen MR) is 72.8 cm³/mol. The van der Waals surface area contributed by atoms with E-state index in [0.29, 0.717) is 0 Å². The van der Waals surface area contributed by atoms with E-state index in [4.69, 9.17) is 0 Å². The molecule has 0 bridgehead atoms. The maximum atomic E-state index is 9.57. The molecular formula is C14H20N4O. The van der Waals surface area contributed by atoms with Gasteiger partial charge in [0.2, 0.25) is 0 Å². The molecular weight excluding hydrogens is 240 g/mol. The van der Waals surface area contributed by atoms with E-state index in [1.165, 1.54) is 12.8 Å². The van der Waals surface area contributed by atoms with Crippen molar-refractivity contribution in [1.82, 2.24) is 19.9 Å². The monoisotopic (exact) mass is 260 g/mol. The second kappa shape index (κ2) is 4.90. The van der Waals surface area contributed by atoms with Crippen LogP contribution >= 0.6 is 0 Å². The van der Waals surface area contributed by atoms with Crippen molar-refractivity contribution in [2.24, 2.45) is 0 Å². The van der Waals surface area contributed by atoms with E-state index in [0.717, 1.165) is 36.3 Å². The largest absolute Gasteiger partial charge is 0.394 e. The van der Waals surface area contributed by atoms with Gasteiger partial charge in [0.15, 0.2) is 5.65 Å². The molecule has 0 radical (unpaired) electrons. The summed E-state index contributed by atoms with van der Waals surface area (Å²) in [6.07, 6.45) is 8.39. The molecule has 3 rings (SSSR count). The number of fused-ring (bicyclic) bond motifs is 1. The number of aromatic nitrogens is 3. The maximum Gasteiger partial charge on any atom is 0.155 e. The van der Waals surface area contributed by atoms with E-state index in [1.54, 1.807) is 0 Å². The molecule has 0 aliphatic heterocycles. The quantitative estimate of drug-likeness (QED) is 0.873. The van der Waals surface area contributed by atoms with Gasteiger partial charge in [-0.2, -0.15) is 5.10 Å². The third kappa shape index (κ3) is 2.48. The second-order valence-electron chi connectivity index (χ2n) is 5.55. The number of aliphatic hydroxyl groups is 1. The van der Waals surface area contributed by atoms with Gasteiger partial charge >= 0.3 is 0 Å². The minimum atomic E-state index is -0.0883. The van der Waals surface area contributed by atoms with Crippen LogP contribution in [0.3, 0.4) is 0 Å². The van der Waals surface area contributed by atoms with Crippen molar-refractivity contribution in [2.75, 3.05) is 6.61 Å². The summed E-state index contributed by atoms with van der Waals surface area (Å²) in [5.74, 6) is 0. The first kappa shape index (κ1) is 12.6. The third-order valence-electron chi connectivity index (χ3n) is 4.02. The molecule has 2 aromatic rings. The van der Waals surface area contributed by atoms with E-state index < -0.39 is 0 Å². The molecule has 0 atom stereocenters. The van der Waals surface area contributed by atoms with Crippen molar-refractivity contribution >= 4 is 5.65 Å². The van der Waals surface area contributed by atoms with Crippen LogP contribution in [0, 0.1) is 6.92 Å². The first-order chi connectivity index (χ1) is 9.21.